The molecule has 5 heteroatoms. The Morgan fingerprint density at radius 1 is 1.06 bits per heavy atom. The number of isocyanates is 1. The smallest absolute Gasteiger partial charge is 0.237 e. The zero-order valence-electron chi connectivity index (χ0n) is 11.9. The van der Waals surface area contributed by atoms with Gasteiger partial charge in [-0.3, -0.25) is 0 Å². The van der Waals surface area contributed by atoms with E-state index in [2.05, 4.69) is 15.2 Å². The highest BCUT2D eigenvalue weighted by Crippen LogP contribution is 2.28. The third-order valence-corrected chi connectivity index (χ3v) is 2.17. The van der Waals surface area contributed by atoms with Gasteiger partial charge in [0.15, 0.2) is 5.66 Å². The molecule has 0 aliphatic carbocycles. The lowest BCUT2D eigenvalue weighted by Gasteiger charge is -2.29. The highest BCUT2D eigenvalue weighted by Gasteiger charge is 2.33. The number of hydrogen-bond acceptors (Lipinski definition) is 5. The normalized spacial score (nSPS) is 16.6. The van der Waals surface area contributed by atoms with E-state index >= 15 is 0 Å². The van der Waals surface area contributed by atoms with Gasteiger partial charge in [-0.25, -0.2) is 4.79 Å². The van der Waals surface area contributed by atoms with E-state index in [0.29, 0.717) is 6.42 Å². The number of methoxy groups -OCH3 is 1. The Balaban J connectivity index is 5.06. The Labute approximate surface area is 103 Å². The van der Waals surface area contributed by atoms with Crippen LogP contribution in [0.2, 0.25) is 0 Å². The van der Waals surface area contributed by atoms with Crippen LogP contribution in [0.15, 0.2) is 15.2 Å². The second-order valence-electron chi connectivity index (χ2n) is 5.93. The van der Waals surface area contributed by atoms with Crippen LogP contribution >= 0.6 is 0 Å². The van der Waals surface area contributed by atoms with E-state index in [1.54, 1.807) is 20.1 Å². The molecule has 0 spiro atoms. The van der Waals surface area contributed by atoms with E-state index in [0.717, 1.165) is 0 Å². The monoisotopic (exact) mass is 241 g/mol. The summed E-state index contributed by atoms with van der Waals surface area (Å²) in [6.45, 7) is 11.4. The van der Waals surface area contributed by atoms with Crippen LogP contribution in [0.25, 0.3) is 0 Å². The van der Waals surface area contributed by atoms with Gasteiger partial charge in [0, 0.05) is 13.5 Å². The van der Waals surface area contributed by atoms with Crippen LogP contribution in [0.5, 0.6) is 0 Å². The maximum atomic E-state index is 10.5. The molecular weight excluding hydrogens is 218 g/mol. The number of hydrogen-bond donors (Lipinski definition) is 0. The number of azo groups is 1. The summed E-state index contributed by atoms with van der Waals surface area (Å²) in [7, 11) is 1.62. The molecular formula is C12H23N3O2. The molecule has 1 atom stereocenters. The van der Waals surface area contributed by atoms with Crippen LogP contribution in [-0.2, 0) is 9.53 Å². The van der Waals surface area contributed by atoms with E-state index < -0.39 is 11.3 Å². The van der Waals surface area contributed by atoms with Crippen molar-refractivity contribution in [2.75, 3.05) is 7.11 Å². The molecule has 17 heavy (non-hydrogen) atoms. The fourth-order valence-corrected chi connectivity index (χ4v) is 1.33. The maximum absolute atomic E-state index is 10.5. The standard InChI is InChI=1S/C12H23N3O2/c1-10(2,3)14-15-12(6,13-9-16)8-11(4,5)17-7/h8H2,1-7H3/b15-14+. The lowest BCUT2D eigenvalue weighted by molar-refractivity contribution is -0.000555. The Morgan fingerprint density at radius 3 is 1.94 bits per heavy atom. The summed E-state index contributed by atoms with van der Waals surface area (Å²) in [5.74, 6) is 0. The fraction of sp³-hybridized carbons (Fsp3) is 0.917. The molecule has 0 saturated carbocycles. The lowest BCUT2D eigenvalue weighted by atomic mass is 9.95. The van der Waals surface area contributed by atoms with Gasteiger partial charge in [0.1, 0.15) is 0 Å². The SMILES string of the molecule is COC(C)(C)CC(C)(N=C=O)/N=N/C(C)(C)C. The minimum atomic E-state index is -0.922. The van der Waals surface area contributed by atoms with Gasteiger partial charge in [0.2, 0.25) is 6.08 Å². The first-order valence-corrected chi connectivity index (χ1v) is 5.62. The largest absolute Gasteiger partial charge is 0.379 e. The molecule has 0 N–H and O–H groups in total. The molecule has 5 nitrogen and oxygen atoms in total. The average Bonchev–Trinajstić information content (AvgIpc) is 2.14. The molecule has 0 bridgehead atoms. The van der Waals surface area contributed by atoms with Crippen LogP contribution in [0.4, 0.5) is 0 Å². The molecule has 0 aromatic rings. The van der Waals surface area contributed by atoms with Crippen LogP contribution in [-0.4, -0.2) is 30.0 Å². The summed E-state index contributed by atoms with van der Waals surface area (Å²) in [5.41, 5.74) is -1.64. The predicted molar refractivity (Wildman–Crippen MR) is 66.8 cm³/mol. The highest BCUT2D eigenvalue weighted by atomic mass is 16.5. The zero-order valence-corrected chi connectivity index (χ0v) is 11.9. The lowest BCUT2D eigenvalue weighted by Crippen LogP contribution is -2.34. The molecule has 0 amide bonds. The van der Waals surface area contributed by atoms with E-state index in [-0.39, 0.29) is 5.54 Å². The van der Waals surface area contributed by atoms with Crippen molar-refractivity contribution >= 4 is 6.08 Å². The molecule has 0 saturated heterocycles. The third kappa shape index (κ3) is 6.97. The molecule has 0 heterocycles. The van der Waals surface area contributed by atoms with Crippen molar-refractivity contribution in [3.8, 4) is 0 Å². The van der Waals surface area contributed by atoms with Gasteiger partial charge in [0.05, 0.1) is 11.1 Å². The topological polar surface area (TPSA) is 63.4 Å². The number of aliphatic imine (C=N–C) groups is 1. The summed E-state index contributed by atoms with van der Waals surface area (Å²) < 4.78 is 5.32. The molecule has 0 aliphatic rings. The summed E-state index contributed by atoms with van der Waals surface area (Å²) in [6.07, 6.45) is 2.02. The van der Waals surface area contributed by atoms with Crippen LogP contribution in [0.3, 0.4) is 0 Å². The van der Waals surface area contributed by atoms with Crippen molar-refractivity contribution in [1.29, 1.82) is 0 Å². The van der Waals surface area contributed by atoms with Crippen molar-refractivity contribution in [3.05, 3.63) is 0 Å². The van der Waals surface area contributed by atoms with Crippen LogP contribution in [0.1, 0.15) is 48.0 Å². The molecule has 0 aliphatic heterocycles. The fourth-order valence-electron chi connectivity index (χ4n) is 1.33. The first-order valence-electron chi connectivity index (χ1n) is 5.62. The highest BCUT2D eigenvalue weighted by molar-refractivity contribution is 5.34. The Hall–Kier alpha value is -1.06. The van der Waals surface area contributed by atoms with Gasteiger partial charge in [-0.1, -0.05) is 0 Å². The van der Waals surface area contributed by atoms with Gasteiger partial charge in [-0.15, -0.1) is 0 Å². The van der Waals surface area contributed by atoms with Gasteiger partial charge in [-0.05, 0) is 41.5 Å². The Morgan fingerprint density at radius 2 is 1.59 bits per heavy atom. The Kier molecular flexibility index (Phi) is 5.17. The second-order valence-corrected chi connectivity index (χ2v) is 5.93. The van der Waals surface area contributed by atoms with Crippen molar-refractivity contribution < 1.29 is 9.53 Å². The zero-order chi connectivity index (χ0) is 13.7. The molecule has 98 valence electrons. The molecule has 0 fully saturated rings. The van der Waals surface area contributed by atoms with E-state index in [1.807, 2.05) is 34.6 Å². The summed E-state index contributed by atoms with van der Waals surface area (Å²) in [4.78, 5) is 14.2. The van der Waals surface area contributed by atoms with Gasteiger partial charge in [-0.2, -0.15) is 15.2 Å². The molecule has 1 unspecified atom stereocenters. The first kappa shape index (κ1) is 15.9. The maximum Gasteiger partial charge on any atom is 0.237 e. The quantitative estimate of drug-likeness (QED) is 0.422. The summed E-state index contributed by atoms with van der Waals surface area (Å²) in [5, 5.41) is 8.33. The van der Waals surface area contributed by atoms with Crippen molar-refractivity contribution in [2.45, 2.75) is 64.8 Å². The third-order valence-electron chi connectivity index (χ3n) is 2.17. The van der Waals surface area contributed by atoms with Gasteiger partial charge < -0.3 is 4.74 Å². The number of nitrogens with zero attached hydrogens (tertiary/aromatic N) is 3. The summed E-state index contributed by atoms with van der Waals surface area (Å²) >= 11 is 0. The van der Waals surface area contributed by atoms with Gasteiger partial charge >= 0.3 is 0 Å². The predicted octanol–water partition coefficient (Wildman–Crippen LogP) is 3.10. The molecule has 0 aromatic carbocycles. The van der Waals surface area contributed by atoms with Crippen molar-refractivity contribution in [1.82, 2.24) is 0 Å². The number of ether oxygens (including phenoxy) is 1. The molecule has 0 aromatic heterocycles. The van der Waals surface area contributed by atoms with E-state index in [1.165, 1.54) is 0 Å². The van der Waals surface area contributed by atoms with Crippen LogP contribution in [0, 0.1) is 0 Å². The Bertz CT molecular complexity index is 325. The first-order chi connectivity index (χ1) is 7.54. The van der Waals surface area contributed by atoms with Crippen LogP contribution < -0.4 is 0 Å². The van der Waals surface area contributed by atoms with Crippen molar-refractivity contribution in [3.63, 3.8) is 0 Å². The van der Waals surface area contributed by atoms with E-state index in [4.69, 9.17) is 4.74 Å². The minimum Gasteiger partial charge on any atom is -0.379 e. The molecule has 0 radical (unpaired) electrons. The average molecular weight is 241 g/mol. The number of carbonyl (C=O) groups excluding carboxylic acids is 1. The summed E-state index contributed by atoms with van der Waals surface area (Å²) in [6, 6.07) is 0. The van der Waals surface area contributed by atoms with Gasteiger partial charge in [0.25, 0.3) is 0 Å². The van der Waals surface area contributed by atoms with Crippen molar-refractivity contribution in [2.24, 2.45) is 15.2 Å². The minimum absolute atomic E-state index is 0.295. The second kappa shape index (κ2) is 5.52. The number of rotatable bonds is 5. The van der Waals surface area contributed by atoms with E-state index in [9.17, 15) is 4.79 Å². The molecule has 0 rings (SSSR count).